The topological polar surface area (TPSA) is 8.17 Å². The van der Waals surface area contributed by atoms with Gasteiger partial charge in [0, 0.05) is 33.4 Å². The quantitative estimate of drug-likeness (QED) is 0.170. The summed E-state index contributed by atoms with van der Waals surface area (Å²) in [4.78, 5) is 2.71. The molecule has 0 amide bonds. The molecule has 0 atom stereocenters. The van der Waals surface area contributed by atoms with Crippen LogP contribution in [0.4, 0.5) is 11.4 Å². The van der Waals surface area contributed by atoms with Gasteiger partial charge in [-0.25, -0.2) is 0 Å². The number of nitrogens with zero attached hydrogens (tertiary/aromatic N) is 2. The van der Waals surface area contributed by atoms with Crippen molar-refractivity contribution in [1.29, 1.82) is 0 Å². The Balaban J connectivity index is 1.28. The third kappa shape index (κ3) is 3.26. The van der Waals surface area contributed by atoms with Gasteiger partial charge in [0.2, 0.25) is 0 Å². The van der Waals surface area contributed by atoms with E-state index in [2.05, 4.69) is 186 Å². The van der Waals surface area contributed by atoms with Gasteiger partial charge in [0.1, 0.15) is 0 Å². The van der Waals surface area contributed by atoms with E-state index in [-0.39, 0.29) is 6.85 Å². The second-order valence-electron chi connectivity index (χ2n) is 14.5. The molecule has 0 unspecified atom stereocenters. The predicted octanol–water partition coefficient (Wildman–Crippen LogP) is 10.2. The molecule has 0 N–H and O–H groups in total. The Morgan fingerprint density at radius 3 is 2.04 bits per heavy atom. The molecule has 0 saturated carbocycles. The first kappa shape index (κ1) is 27.5. The van der Waals surface area contributed by atoms with Gasteiger partial charge in [-0.15, -0.1) is 0 Å². The van der Waals surface area contributed by atoms with Crippen LogP contribution in [0.3, 0.4) is 0 Å². The Hall–Kier alpha value is -6.32. The molecule has 2 nitrogen and oxygen atoms in total. The van der Waals surface area contributed by atoms with Crippen molar-refractivity contribution in [3.8, 4) is 16.8 Å². The minimum absolute atomic E-state index is 0.00160. The Kier molecular flexibility index (Phi) is 5.22. The summed E-state index contributed by atoms with van der Waals surface area (Å²) in [6, 6.07) is 64.0. The highest BCUT2D eigenvalue weighted by molar-refractivity contribution is 6.93. The standard InChI is InChI=1S/C48H31BN2/c1-30-28-37-35-20-12-23-39-46(35)51(41-25-11-10-22-38(41)48(39,32-15-4-2-5-16-32)33-17-6-3-7-18-33)49-40-24-13-21-36-44-34-19-9-8-14-31(34)26-27-42(44)50(47(36)40)43(29-30)45(37)49/h2-29H,1H3. The minimum atomic E-state index is -0.500. The zero-order valence-electron chi connectivity index (χ0n) is 28.1. The van der Waals surface area contributed by atoms with E-state index in [9.17, 15) is 0 Å². The molecule has 4 heterocycles. The second-order valence-corrected chi connectivity index (χ2v) is 14.5. The summed E-state index contributed by atoms with van der Waals surface area (Å²) in [6.07, 6.45) is 0. The van der Waals surface area contributed by atoms with Crippen molar-refractivity contribution in [1.82, 2.24) is 4.57 Å². The van der Waals surface area contributed by atoms with Gasteiger partial charge in [-0.2, -0.15) is 0 Å². The van der Waals surface area contributed by atoms with Crippen LogP contribution in [0, 0.1) is 6.92 Å². The number of para-hydroxylation sites is 3. The van der Waals surface area contributed by atoms with Crippen LogP contribution in [0.1, 0.15) is 27.8 Å². The smallest absolute Gasteiger partial charge is 0.333 e. The van der Waals surface area contributed by atoms with Gasteiger partial charge in [-0.05, 0) is 80.2 Å². The largest absolute Gasteiger partial charge is 0.376 e. The lowest BCUT2D eigenvalue weighted by Crippen LogP contribution is -2.62. The number of aryl methyl sites for hydroxylation is 1. The van der Waals surface area contributed by atoms with Crippen molar-refractivity contribution in [3.05, 3.63) is 198 Å². The fourth-order valence-electron chi connectivity index (χ4n) is 10.3. The Morgan fingerprint density at radius 1 is 0.529 bits per heavy atom. The number of benzene rings is 8. The molecule has 12 rings (SSSR count). The van der Waals surface area contributed by atoms with Gasteiger partial charge in [-0.1, -0.05) is 152 Å². The zero-order chi connectivity index (χ0) is 33.4. The van der Waals surface area contributed by atoms with E-state index in [1.165, 1.54) is 99.5 Å². The van der Waals surface area contributed by atoms with Gasteiger partial charge in [0.05, 0.1) is 16.4 Å². The Bertz CT molecular complexity index is 2900. The highest BCUT2D eigenvalue weighted by Crippen LogP contribution is 2.59. The number of hydrogen-bond acceptors (Lipinski definition) is 1. The number of hydrogen-bond donors (Lipinski definition) is 0. The molecule has 3 aliphatic heterocycles. The summed E-state index contributed by atoms with van der Waals surface area (Å²) < 4.78 is 2.58. The molecule has 51 heavy (non-hydrogen) atoms. The fraction of sp³-hybridized carbons (Fsp3) is 0.0417. The first-order chi connectivity index (χ1) is 25.2. The van der Waals surface area contributed by atoms with Gasteiger partial charge in [0.25, 0.3) is 0 Å². The van der Waals surface area contributed by atoms with Crippen molar-refractivity contribution in [2.24, 2.45) is 0 Å². The molecule has 9 aromatic rings. The van der Waals surface area contributed by atoms with Crippen LogP contribution in [0.15, 0.2) is 170 Å². The number of aromatic nitrogens is 1. The van der Waals surface area contributed by atoms with Crippen LogP contribution in [0.25, 0.3) is 49.4 Å². The summed E-state index contributed by atoms with van der Waals surface area (Å²) in [6.45, 7) is 2.27. The summed E-state index contributed by atoms with van der Waals surface area (Å²) in [5.41, 5.74) is 17.8. The van der Waals surface area contributed by atoms with Gasteiger partial charge in [0.15, 0.2) is 0 Å². The minimum Gasteiger partial charge on any atom is -0.376 e. The maximum absolute atomic E-state index is 2.71. The molecule has 0 radical (unpaired) electrons. The normalized spacial score (nSPS) is 14.5. The molecule has 3 heteroatoms. The summed E-state index contributed by atoms with van der Waals surface area (Å²) >= 11 is 0. The van der Waals surface area contributed by atoms with Gasteiger partial charge < -0.3 is 9.38 Å². The average Bonchev–Trinajstić information content (AvgIpc) is 3.54. The van der Waals surface area contributed by atoms with E-state index in [1.54, 1.807) is 0 Å². The molecule has 0 fully saturated rings. The SMILES string of the molecule is Cc1cc2c3c(c1)-n1c4ccc5ccccc5c4c4cccc(c41)B3N1c3ccccc3C(c3ccccc3)(c3ccccc3)c3cccc-2c31. The van der Waals surface area contributed by atoms with E-state index in [0.29, 0.717) is 0 Å². The first-order valence-corrected chi connectivity index (χ1v) is 18.0. The molecular formula is C48H31BN2. The van der Waals surface area contributed by atoms with E-state index in [0.717, 1.165) is 0 Å². The van der Waals surface area contributed by atoms with Crippen LogP contribution in [0.5, 0.6) is 0 Å². The molecule has 0 aliphatic carbocycles. The maximum atomic E-state index is 2.71. The lowest BCUT2D eigenvalue weighted by atomic mass is 9.42. The number of rotatable bonds is 2. The van der Waals surface area contributed by atoms with E-state index >= 15 is 0 Å². The molecule has 0 spiro atoms. The fourth-order valence-corrected chi connectivity index (χ4v) is 10.3. The average molecular weight is 647 g/mol. The molecule has 0 bridgehead atoms. The summed E-state index contributed by atoms with van der Waals surface area (Å²) in [5, 5.41) is 5.24. The van der Waals surface area contributed by atoms with Crippen molar-refractivity contribution in [3.63, 3.8) is 0 Å². The van der Waals surface area contributed by atoms with Crippen molar-refractivity contribution < 1.29 is 0 Å². The highest BCUT2D eigenvalue weighted by atomic mass is 15.1. The van der Waals surface area contributed by atoms with E-state index < -0.39 is 5.41 Å². The van der Waals surface area contributed by atoms with Crippen LogP contribution in [-0.2, 0) is 5.41 Å². The monoisotopic (exact) mass is 646 g/mol. The van der Waals surface area contributed by atoms with Gasteiger partial charge >= 0.3 is 6.85 Å². The van der Waals surface area contributed by atoms with E-state index in [1.807, 2.05) is 0 Å². The summed E-state index contributed by atoms with van der Waals surface area (Å²) in [5.74, 6) is 0. The predicted molar refractivity (Wildman–Crippen MR) is 214 cm³/mol. The third-order valence-electron chi connectivity index (χ3n) is 12.0. The number of anilines is 2. The maximum Gasteiger partial charge on any atom is 0.333 e. The lowest BCUT2D eigenvalue weighted by molar-refractivity contribution is 0.734. The van der Waals surface area contributed by atoms with Crippen LogP contribution >= 0.6 is 0 Å². The molecular weight excluding hydrogens is 615 g/mol. The molecule has 236 valence electrons. The van der Waals surface area contributed by atoms with Crippen LogP contribution in [-0.4, -0.2) is 11.4 Å². The Labute approximate surface area is 296 Å². The third-order valence-corrected chi connectivity index (χ3v) is 12.0. The van der Waals surface area contributed by atoms with Crippen LogP contribution < -0.4 is 15.7 Å². The second kappa shape index (κ2) is 9.68. The van der Waals surface area contributed by atoms with E-state index in [4.69, 9.17) is 0 Å². The molecule has 1 aromatic heterocycles. The lowest BCUT2D eigenvalue weighted by Gasteiger charge is -2.52. The van der Waals surface area contributed by atoms with Crippen molar-refractivity contribution in [2.45, 2.75) is 12.3 Å². The van der Waals surface area contributed by atoms with Gasteiger partial charge in [-0.3, -0.25) is 0 Å². The zero-order valence-corrected chi connectivity index (χ0v) is 28.1. The molecule has 0 saturated heterocycles. The van der Waals surface area contributed by atoms with Crippen molar-refractivity contribution in [2.75, 3.05) is 4.81 Å². The highest BCUT2D eigenvalue weighted by Gasteiger charge is 2.52. The summed E-state index contributed by atoms with van der Waals surface area (Å²) in [7, 11) is 0. The first-order valence-electron chi connectivity index (χ1n) is 18.0. The van der Waals surface area contributed by atoms with Crippen molar-refractivity contribution >= 4 is 61.7 Å². The Morgan fingerprint density at radius 2 is 1.22 bits per heavy atom. The number of fused-ring (bicyclic) bond motifs is 11. The van der Waals surface area contributed by atoms with Crippen LogP contribution in [0.2, 0.25) is 0 Å². The molecule has 3 aliphatic rings. The molecule has 8 aromatic carbocycles.